The molecule has 0 amide bonds. The Morgan fingerprint density at radius 3 is 2.53 bits per heavy atom. The Kier molecular flexibility index (Phi) is 4.26. The number of alkyl halides is 3. The minimum absolute atomic E-state index is 0.117. The van der Waals surface area contributed by atoms with Gasteiger partial charge in [-0.1, -0.05) is 11.6 Å². The summed E-state index contributed by atoms with van der Waals surface area (Å²) in [4.78, 5) is 10.5. The largest absolute Gasteiger partial charge is 0.573 e. The molecule has 0 radical (unpaired) electrons. The first-order valence-corrected chi connectivity index (χ1v) is 5.32. The van der Waals surface area contributed by atoms with E-state index in [0.29, 0.717) is 4.47 Å². The van der Waals surface area contributed by atoms with E-state index in [1.54, 1.807) is 0 Å². The zero-order chi connectivity index (χ0) is 13.2. The van der Waals surface area contributed by atoms with Crippen molar-refractivity contribution in [1.29, 1.82) is 0 Å². The van der Waals surface area contributed by atoms with Gasteiger partial charge in [0.25, 0.3) is 0 Å². The molecule has 0 aliphatic heterocycles. The Morgan fingerprint density at radius 2 is 2.06 bits per heavy atom. The van der Waals surface area contributed by atoms with Crippen LogP contribution >= 0.6 is 27.5 Å². The van der Waals surface area contributed by atoms with Crippen LogP contribution in [0.5, 0.6) is 5.75 Å². The number of carboxylic acids is 1. The van der Waals surface area contributed by atoms with Gasteiger partial charge in [-0.05, 0) is 28.1 Å². The van der Waals surface area contributed by atoms with E-state index < -0.39 is 24.5 Å². The number of hydrogen-bond donors (Lipinski definition) is 1. The van der Waals surface area contributed by atoms with Crippen molar-refractivity contribution < 1.29 is 27.8 Å². The summed E-state index contributed by atoms with van der Waals surface area (Å²) < 4.78 is 40.2. The van der Waals surface area contributed by atoms with E-state index in [-0.39, 0.29) is 10.6 Å². The van der Waals surface area contributed by atoms with Gasteiger partial charge in [0.2, 0.25) is 0 Å². The number of carbonyl (C=O) groups is 1. The average molecular weight is 333 g/mol. The lowest BCUT2D eigenvalue weighted by molar-refractivity contribution is -0.274. The van der Waals surface area contributed by atoms with E-state index in [2.05, 4.69) is 20.7 Å². The second-order valence-electron chi connectivity index (χ2n) is 2.96. The molecule has 0 aliphatic carbocycles. The van der Waals surface area contributed by atoms with Crippen LogP contribution < -0.4 is 4.74 Å². The molecule has 94 valence electrons. The van der Waals surface area contributed by atoms with E-state index in [0.717, 1.165) is 6.07 Å². The van der Waals surface area contributed by atoms with Crippen LogP contribution in [-0.4, -0.2) is 17.4 Å². The van der Waals surface area contributed by atoms with E-state index in [9.17, 15) is 18.0 Å². The number of halogens is 5. The Hall–Kier alpha value is -0.950. The zero-order valence-electron chi connectivity index (χ0n) is 8.02. The molecule has 0 spiro atoms. The van der Waals surface area contributed by atoms with Gasteiger partial charge in [0, 0.05) is 10.0 Å². The van der Waals surface area contributed by atoms with Gasteiger partial charge in [-0.15, -0.1) is 13.2 Å². The normalized spacial score (nSPS) is 11.4. The Morgan fingerprint density at radius 1 is 1.47 bits per heavy atom. The SMILES string of the molecule is O=C(O)Cc1c(OC(F)(F)F)ccc(Br)c1Cl. The van der Waals surface area contributed by atoms with Crippen molar-refractivity contribution in [2.75, 3.05) is 0 Å². The molecule has 1 aromatic carbocycles. The lowest BCUT2D eigenvalue weighted by atomic mass is 10.1. The molecule has 1 N–H and O–H groups in total. The summed E-state index contributed by atoms with van der Waals surface area (Å²) in [5.41, 5.74) is -0.231. The van der Waals surface area contributed by atoms with Crippen molar-refractivity contribution in [3.05, 3.63) is 27.2 Å². The standard InChI is InChI=1S/C9H5BrClF3O3/c10-5-1-2-6(17-9(12,13)14)4(8(5)11)3-7(15)16/h1-2H,3H2,(H,15,16). The van der Waals surface area contributed by atoms with Crippen molar-refractivity contribution in [3.63, 3.8) is 0 Å². The molecule has 0 heterocycles. The van der Waals surface area contributed by atoms with E-state index in [4.69, 9.17) is 16.7 Å². The van der Waals surface area contributed by atoms with Gasteiger partial charge in [-0.25, -0.2) is 0 Å². The van der Waals surface area contributed by atoms with Gasteiger partial charge in [0.15, 0.2) is 0 Å². The highest BCUT2D eigenvalue weighted by Gasteiger charge is 2.33. The molecule has 17 heavy (non-hydrogen) atoms. The third-order valence-corrected chi connectivity index (χ3v) is 3.03. The smallest absolute Gasteiger partial charge is 0.481 e. The number of ether oxygens (including phenoxy) is 1. The monoisotopic (exact) mass is 332 g/mol. The summed E-state index contributed by atoms with van der Waals surface area (Å²) in [5, 5.41) is 8.48. The summed E-state index contributed by atoms with van der Waals surface area (Å²) >= 11 is 8.70. The summed E-state index contributed by atoms with van der Waals surface area (Å²) in [6, 6.07) is 2.25. The lowest BCUT2D eigenvalue weighted by Gasteiger charge is -2.14. The quantitative estimate of drug-likeness (QED) is 0.919. The molecular formula is C9H5BrClF3O3. The molecule has 1 rings (SSSR count). The van der Waals surface area contributed by atoms with Crippen LogP contribution in [0.3, 0.4) is 0 Å². The number of aliphatic carboxylic acids is 1. The minimum Gasteiger partial charge on any atom is -0.481 e. The lowest BCUT2D eigenvalue weighted by Crippen LogP contribution is -2.19. The maximum absolute atomic E-state index is 12.1. The molecule has 0 fully saturated rings. The highest BCUT2D eigenvalue weighted by atomic mass is 79.9. The Bertz CT molecular complexity index is 448. The van der Waals surface area contributed by atoms with Crippen molar-refractivity contribution >= 4 is 33.5 Å². The fourth-order valence-electron chi connectivity index (χ4n) is 1.11. The van der Waals surface area contributed by atoms with E-state index in [1.807, 2.05) is 0 Å². The van der Waals surface area contributed by atoms with Crippen molar-refractivity contribution in [2.45, 2.75) is 12.8 Å². The third kappa shape index (κ3) is 4.08. The molecule has 0 aliphatic rings. The van der Waals surface area contributed by atoms with Crippen molar-refractivity contribution in [2.24, 2.45) is 0 Å². The number of benzene rings is 1. The Labute approximate surface area is 107 Å². The van der Waals surface area contributed by atoms with Crippen LogP contribution in [0.25, 0.3) is 0 Å². The molecule has 0 atom stereocenters. The highest BCUT2D eigenvalue weighted by Crippen LogP contribution is 2.36. The average Bonchev–Trinajstić information content (AvgIpc) is 2.15. The van der Waals surface area contributed by atoms with Crippen molar-refractivity contribution in [1.82, 2.24) is 0 Å². The molecule has 1 aromatic rings. The molecule has 0 aromatic heterocycles. The molecule has 0 unspecified atom stereocenters. The van der Waals surface area contributed by atoms with Crippen LogP contribution in [0.15, 0.2) is 16.6 Å². The van der Waals surface area contributed by atoms with E-state index >= 15 is 0 Å². The second kappa shape index (κ2) is 5.14. The van der Waals surface area contributed by atoms with E-state index in [1.165, 1.54) is 6.07 Å². The first-order valence-electron chi connectivity index (χ1n) is 4.15. The summed E-state index contributed by atoms with van der Waals surface area (Å²) in [6.45, 7) is 0. The van der Waals surface area contributed by atoms with Crippen LogP contribution in [0.2, 0.25) is 5.02 Å². The van der Waals surface area contributed by atoms with Gasteiger partial charge < -0.3 is 9.84 Å². The minimum atomic E-state index is -4.90. The third-order valence-electron chi connectivity index (χ3n) is 1.71. The fourth-order valence-corrected chi connectivity index (χ4v) is 1.71. The van der Waals surface area contributed by atoms with Crippen molar-refractivity contribution in [3.8, 4) is 5.75 Å². The topological polar surface area (TPSA) is 46.5 Å². The number of carboxylic acid groups (broad SMARTS) is 1. The first-order chi connectivity index (χ1) is 7.70. The van der Waals surface area contributed by atoms with Gasteiger partial charge >= 0.3 is 12.3 Å². The molecule has 0 bridgehead atoms. The predicted molar refractivity (Wildman–Crippen MR) is 57.2 cm³/mol. The number of hydrogen-bond acceptors (Lipinski definition) is 2. The van der Waals surface area contributed by atoms with Gasteiger partial charge in [-0.2, -0.15) is 0 Å². The van der Waals surface area contributed by atoms with Gasteiger partial charge in [0.05, 0.1) is 11.4 Å². The van der Waals surface area contributed by atoms with Crippen LogP contribution in [0, 0.1) is 0 Å². The zero-order valence-corrected chi connectivity index (χ0v) is 10.4. The maximum Gasteiger partial charge on any atom is 0.573 e. The first kappa shape index (κ1) is 14.1. The molecule has 0 saturated carbocycles. The molecule has 8 heteroatoms. The molecule has 0 saturated heterocycles. The predicted octanol–water partition coefficient (Wildman–Crippen LogP) is 3.63. The van der Waals surface area contributed by atoms with Crippen LogP contribution in [0.4, 0.5) is 13.2 Å². The van der Waals surface area contributed by atoms with Crippen LogP contribution in [0.1, 0.15) is 5.56 Å². The Balaban J connectivity index is 3.20. The summed E-state index contributed by atoms with van der Waals surface area (Å²) in [7, 11) is 0. The maximum atomic E-state index is 12.1. The van der Waals surface area contributed by atoms with Gasteiger partial charge in [-0.3, -0.25) is 4.79 Å². The molecular weight excluding hydrogens is 328 g/mol. The fraction of sp³-hybridized carbons (Fsp3) is 0.222. The highest BCUT2D eigenvalue weighted by molar-refractivity contribution is 9.10. The van der Waals surface area contributed by atoms with Crippen LogP contribution in [-0.2, 0) is 11.2 Å². The molecule has 3 nitrogen and oxygen atoms in total. The number of rotatable bonds is 3. The second-order valence-corrected chi connectivity index (χ2v) is 4.19. The summed E-state index contributed by atoms with van der Waals surface area (Å²) in [6.07, 6.45) is -5.56. The van der Waals surface area contributed by atoms with Gasteiger partial charge in [0.1, 0.15) is 5.75 Å². The summed E-state index contributed by atoms with van der Waals surface area (Å²) in [5.74, 6) is -1.93.